The van der Waals surface area contributed by atoms with Gasteiger partial charge in [-0.2, -0.15) is 0 Å². The molecule has 0 fully saturated rings. The molecule has 6 nitrogen and oxygen atoms in total. The molecule has 1 aliphatic rings. The second-order valence-corrected chi connectivity index (χ2v) is 8.60. The number of nitrogens with zero attached hydrogens (tertiary/aromatic N) is 1. The van der Waals surface area contributed by atoms with Gasteiger partial charge in [-0.25, -0.2) is 4.79 Å². The number of hydrogen-bond donors (Lipinski definition) is 2. The molecule has 1 aromatic heterocycles. The van der Waals surface area contributed by atoms with Gasteiger partial charge in [-0.3, -0.25) is 4.79 Å². The van der Waals surface area contributed by atoms with Crippen molar-refractivity contribution in [2.75, 3.05) is 6.54 Å². The monoisotopic (exact) mass is 453 g/mol. The summed E-state index contributed by atoms with van der Waals surface area (Å²) in [6, 6.07) is 24.9. The topological polar surface area (TPSA) is 74.4 Å². The molecular weight excluding hydrogens is 426 g/mol. The van der Waals surface area contributed by atoms with Crippen molar-refractivity contribution in [1.82, 2.24) is 15.2 Å². The van der Waals surface area contributed by atoms with Gasteiger partial charge in [-0.1, -0.05) is 72.8 Å². The van der Waals surface area contributed by atoms with Gasteiger partial charge >= 0.3 is 6.09 Å². The minimum Gasteiger partial charge on any atom is -0.445 e. The van der Waals surface area contributed by atoms with Crippen LogP contribution in [0.25, 0.3) is 10.9 Å². The molecule has 3 aromatic carbocycles. The number of benzene rings is 3. The van der Waals surface area contributed by atoms with E-state index in [0.717, 1.165) is 34.0 Å². The maximum absolute atomic E-state index is 13.6. The lowest BCUT2D eigenvalue weighted by Crippen LogP contribution is -2.51. The summed E-state index contributed by atoms with van der Waals surface area (Å²) < 4.78 is 5.43. The maximum Gasteiger partial charge on any atom is 0.408 e. The van der Waals surface area contributed by atoms with Crippen molar-refractivity contribution in [3.05, 3.63) is 107 Å². The number of carbonyl (C=O) groups excluding carboxylic acids is 2. The zero-order chi connectivity index (χ0) is 23.3. The normalized spacial score (nSPS) is 13.8. The summed E-state index contributed by atoms with van der Waals surface area (Å²) in [4.78, 5) is 31.4. The molecule has 0 aliphatic carbocycles. The van der Waals surface area contributed by atoms with Gasteiger partial charge in [0.1, 0.15) is 12.6 Å². The van der Waals surface area contributed by atoms with E-state index >= 15 is 0 Å². The largest absolute Gasteiger partial charge is 0.445 e. The number of alkyl carbamates (subject to hydrolysis) is 1. The number of fused-ring (bicyclic) bond motifs is 2. The van der Waals surface area contributed by atoms with Crippen molar-refractivity contribution in [2.24, 2.45) is 0 Å². The minimum absolute atomic E-state index is 0.101. The van der Waals surface area contributed by atoms with E-state index in [2.05, 4.69) is 22.4 Å². The Kier molecular flexibility index (Phi) is 6.29. The number of rotatable bonds is 6. The summed E-state index contributed by atoms with van der Waals surface area (Å²) >= 11 is 0. The lowest BCUT2D eigenvalue weighted by Gasteiger charge is -2.32. The maximum atomic E-state index is 13.6. The molecule has 2 amide bonds. The van der Waals surface area contributed by atoms with Gasteiger partial charge < -0.3 is 19.9 Å². The smallest absolute Gasteiger partial charge is 0.408 e. The number of aromatic nitrogens is 1. The molecule has 34 heavy (non-hydrogen) atoms. The Balaban J connectivity index is 1.34. The molecule has 6 heteroatoms. The predicted molar refractivity (Wildman–Crippen MR) is 131 cm³/mol. The van der Waals surface area contributed by atoms with Crippen molar-refractivity contribution >= 4 is 22.9 Å². The molecule has 5 rings (SSSR count). The van der Waals surface area contributed by atoms with Crippen molar-refractivity contribution in [3.8, 4) is 0 Å². The second-order valence-electron chi connectivity index (χ2n) is 8.60. The van der Waals surface area contributed by atoms with Crippen LogP contribution in [0.15, 0.2) is 85.1 Å². The summed E-state index contributed by atoms with van der Waals surface area (Å²) in [5, 5.41) is 3.89. The standard InChI is InChI=1S/C28H27N3O3/c32-27(31-15-14-21-10-4-5-11-22(21)18-31)26(16-23-17-29-25-13-7-6-12-24(23)25)30-28(33)34-19-20-8-2-1-3-9-20/h1-13,17,26,29H,14-16,18-19H2,(H,30,33)/t26-/m0/s1. The average molecular weight is 454 g/mol. The first-order valence-electron chi connectivity index (χ1n) is 11.5. The van der Waals surface area contributed by atoms with Crippen LogP contribution in [0.4, 0.5) is 4.79 Å². The van der Waals surface area contributed by atoms with Gasteiger partial charge in [-0.15, -0.1) is 0 Å². The summed E-state index contributed by atoms with van der Waals surface area (Å²) in [7, 11) is 0. The first kappa shape index (κ1) is 21.8. The Morgan fingerprint density at radius 3 is 2.53 bits per heavy atom. The number of ether oxygens (including phenoxy) is 1. The lowest BCUT2D eigenvalue weighted by atomic mass is 9.98. The molecule has 172 valence electrons. The first-order chi connectivity index (χ1) is 16.7. The third-order valence-electron chi connectivity index (χ3n) is 6.34. The van der Waals surface area contributed by atoms with E-state index in [0.29, 0.717) is 19.5 Å². The molecule has 4 aromatic rings. The van der Waals surface area contributed by atoms with Gasteiger partial charge in [0, 0.05) is 36.6 Å². The van der Waals surface area contributed by atoms with Crippen molar-refractivity contribution in [3.63, 3.8) is 0 Å². The summed E-state index contributed by atoms with van der Waals surface area (Å²) in [6.07, 6.45) is 2.49. The average Bonchev–Trinajstić information content (AvgIpc) is 3.30. The van der Waals surface area contributed by atoms with Crippen LogP contribution >= 0.6 is 0 Å². The van der Waals surface area contributed by atoms with E-state index in [1.165, 1.54) is 5.56 Å². The van der Waals surface area contributed by atoms with E-state index in [4.69, 9.17) is 4.74 Å². The second kappa shape index (κ2) is 9.83. The zero-order valence-electron chi connectivity index (χ0n) is 18.9. The summed E-state index contributed by atoms with van der Waals surface area (Å²) in [6.45, 7) is 1.32. The van der Waals surface area contributed by atoms with Gasteiger partial charge in [0.2, 0.25) is 5.91 Å². The number of amides is 2. The predicted octanol–water partition coefficient (Wildman–Crippen LogP) is 4.59. The van der Waals surface area contributed by atoms with Crippen LogP contribution in [0, 0.1) is 0 Å². The molecule has 0 saturated heterocycles. The van der Waals surface area contributed by atoms with Crippen molar-refractivity contribution < 1.29 is 14.3 Å². The highest BCUT2D eigenvalue weighted by atomic mass is 16.5. The Morgan fingerprint density at radius 1 is 0.941 bits per heavy atom. The molecule has 1 atom stereocenters. The highest BCUT2D eigenvalue weighted by molar-refractivity contribution is 5.88. The highest BCUT2D eigenvalue weighted by Gasteiger charge is 2.29. The molecular formula is C28H27N3O3. The first-order valence-corrected chi connectivity index (χ1v) is 11.5. The molecule has 2 heterocycles. The fraction of sp³-hybridized carbons (Fsp3) is 0.214. The third-order valence-corrected chi connectivity index (χ3v) is 6.34. The van der Waals surface area contributed by atoms with Gasteiger partial charge in [0.05, 0.1) is 0 Å². The van der Waals surface area contributed by atoms with Crippen LogP contribution in [-0.2, 0) is 35.5 Å². The number of H-pyrrole nitrogens is 1. The van der Waals surface area contributed by atoms with E-state index < -0.39 is 12.1 Å². The number of nitrogens with one attached hydrogen (secondary N) is 2. The summed E-state index contributed by atoms with van der Waals surface area (Å²) in [5.74, 6) is -0.101. The van der Waals surface area contributed by atoms with Crippen LogP contribution < -0.4 is 5.32 Å². The van der Waals surface area contributed by atoms with Crippen LogP contribution in [0.1, 0.15) is 22.3 Å². The van der Waals surface area contributed by atoms with Gasteiger partial charge in [0.15, 0.2) is 0 Å². The highest BCUT2D eigenvalue weighted by Crippen LogP contribution is 2.22. The van der Waals surface area contributed by atoms with E-state index in [1.807, 2.05) is 77.8 Å². The van der Waals surface area contributed by atoms with Gasteiger partial charge in [0.25, 0.3) is 0 Å². The van der Waals surface area contributed by atoms with Crippen LogP contribution in [0.5, 0.6) is 0 Å². The van der Waals surface area contributed by atoms with E-state index in [1.54, 1.807) is 0 Å². The van der Waals surface area contributed by atoms with Crippen molar-refractivity contribution in [2.45, 2.75) is 32.0 Å². The number of hydrogen-bond acceptors (Lipinski definition) is 3. The molecule has 0 saturated carbocycles. The Bertz CT molecular complexity index is 1300. The Labute approximate surface area is 198 Å². The molecule has 0 radical (unpaired) electrons. The van der Waals surface area contributed by atoms with Crippen molar-refractivity contribution in [1.29, 1.82) is 0 Å². The van der Waals surface area contributed by atoms with Crippen LogP contribution in [0.2, 0.25) is 0 Å². The fourth-order valence-corrected chi connectivity index (χ4v) is 4.53. The van der Waals surface area contributed by atoms with E-state index in [-0.39, 0.29) is 12.5 Å². The molecule has 0 unspecified atom stereocenters. The minimum atomic E-state index is -0.729. The van der Waals surface area contributed by atoms with Gasteiger partial charge in [-0.05, 0) is 34.7 Å². The number of carbonyl (C=O) groups is 2. The fourth-order valence-electron chi connectivity index (χ4n) is 4.53. The molecule has 2 N–H and O–H groups in total. The number of aromatic amines is 1. The Morgan fingerprint density at radius 2 is 1.68 bits per heavy atom. The summed E-state index contributed by atoms with van der Waals surface area (Å²) in [5.41, 5.74) is 5.30. The Hall–Kier alpha value is -4.06. The molecule has 1 aliphatic heterocycles. The lowest BCUT2D eigenvalue weighted by molar-refractivity contribution is -0.134. The number of para-hydroxylation sites is 1. The van der Waals surface area contributed by atoms with E-state index in [9.17, 15) is 9.59 Å². The molecule has 0 spiro atoms. The SMILES string of the molecule is O=C(N[C@@H](Cc1c[nH]c2ccccc12)C(=O)N1CCc2ccccc2C1)OCc1ccccc1. The van der Waals surface area contributed by atoms with Crippen LogP contribution in [-0.4, -0.2) is 34.5 Å². The quantitative estimate of drug-likeness (QED) is 0.448. The zero-order valence-corrected chi connectivity index (χ0v) is 18.9. The molecule has 0 bridgehead atoms. The third kappa shape index (κ3) is 4.81. The van der Waals surface area contributed by atoms with Crippen LogP contribution in [0.3, 0.4) is 0 Å².